The second kappa shape index (κ2) is 6.78. The number of carboxylic acids is 1. The average Bonchev–Trinajstić information content (AvgIpc) is 2.51. The van der Waals surface area contributed by atoms with Crippen LogP contribution in [0.3, 0.4) is 0 Å². The number of nitrogens with zero attached hydrogens (tertiary/aromatic N) is 1. The predicted octanol–water partition coefficient (Wildman–Crippen LogP) is 2.46. The molecule has 19 heavy (non-hydrogen) atoms. The van der Waals surface area contributed by atoms with Crippen molar-refractivity contribution >= 4 is 12.0 Å². The van der Waals surface area contributed by atoms with Crippen molar-refractivity contribution in [1.82, 2.24) is 10.2 Å². The van der Waals surface area contributed by atoms with E-state index in [-0.39, 0.29) is 12.5 Å². The molecule has 1 fully saturated rings. The van der Waals surface area contributed by atoms with Crippen molar-refractivity contribution in [3.63, 3.8) is 0 Å². The first kappa shape index (κ1) is 15.8. The van der Waals surface area contributed by atoms with Gasteiger partial charge in [-0.25, -0.2) is 4.79 Å². The Bertz CT molecular complexity index is 329. The van der Waals surface area contributed by atoms with Crippen LogP contribution >= 0.6 is 0 Å². The Kier molecular flexibility index (Phi) is 5.63. The number of rotatable bonds is 4. The summed E-state index contributed by atoms with van der Waals surface area (Å²) in [6, 6.07) is -0.0653. The Hall–Kier alpha value is -1.26. The van der Waals surface area contributed by atoms with Gasteiger partial charge in [0.25, 0.3) is 0 Å². The number of hydrogen-bond donors (Lipinski definition) is 2. The number of amides is 2. The van der Waals surface area contributed by atoms with Crippen LogP contribution in [0.15, 0.2) is 0 Å². The maximum absolute atomic E-state index is 12.2. The van der Waals surface area contributed by atoms with Crippen molar-refractivity contribution in [3.05, 3.63) is 0 Å². The molecule has 5 heteroatoms. The minimum absolute atomic E-state index is 0.0653. The van der Waals surface area contributed by atoms with Crippen LogP contribution in [0, 0.1) is 5.92 Å². The number of urea groups is 1. The van der Waals surface area contributed by atoms with E-state index >= 15 is 0 Å². The molecule has 1 saturated heterocycles. The number of carboxylic acid groups (broad SMARTS) is 1. The highest BCUT2D eigenvalue weighted by molar-refractivity contribution is 5.75. The Balaban J connectivity index is 2.46. The topological polar surface area (TPSA) is 69.6 Å². The molecule has 0 radical (unpaired) electrons. The molecule has 0 aliphatic carbocycles. The largest absolute Gasteiger partial charge is 0.481 e. The summed E-state index contributed by atoms with van der Waals surface area (Å²) in [6.07, 6.45) is 3.78. The maximum Gasteiger partial charge on any atom is 0.317 e. The van der Waals surface area contributed by atoms with E-state index in [0.717, 1.165) is 25.9 Å². The Morgan fingerprint density at radius 2 is 2.00 bits per heavy atom. The van der Waals surface area contributed by atoms with E-state index < -0.39 is 11.5 Å². The van der Waals surface area contributed by atoms with Gasteiger partial charge >= 0.3 is 12.0 Å². The van der Waals surface area contributed by atoms with Crippen molar-refractivity contribution in [2.24, 2.45) is 5.92 Å². The standard InChI is InChI=1S/C14H26N2O3/c1-11-5-4-9-16(10-7-11)13(19)15-14(2,3)8-6-12(17)18/h11H,4-10H2,1-3H3,(H,15,19)(H,17,18). The normalized spacial score (nSPS) is 20.8. The molecule has 0 saturated carbocycles. The average molecular weight is 270 g/mol. The summed E-state index contributed by atoms with van der Waals surface area (Å²) in [4.78, 5) is 24.6. The first-order chi connectivity index (χ1) is 8.80. The van der Waals surface area contributed by atoms with Gasteiger partial charge in [-0.3, -0.25) is 4.79 Å². The third-order valence-corrected chi connectivity index (χ3v) is 3.71. The van der Waals surface area contributed by atoms with Crippen molar-refractivity contribution in [2.45, 2.75) is 58.4 Å². The fraction of sp³-hybridized carbons (Fsp3) is 0.857. The highest BCUT2D eigenvalue weighted by Crippen LogP contribution is 2.18. The van der Waals surface area contributed by atoms with E-state index in [9.17, 15) is 9.59 Å². The molecule has 1 atom stereocenters. The molecule has 1 heterocycles. The van der Waals surface area contributed by atoms with Gasteiger partial charge in [0.1, 0.15) is 0 Å². The second-order valence-electron chi connectivity index (χ2n) is 6.23. The molecule has 1 aliphatic heterocycles. The maximum atomic E-state index is 12.2. The zero-order chi connectivity index (χ0) is 14.5. The van der Waals surface area contributed by atoms with Gasteiger partial charge in [-0.05, 0) is 45.4 Å². The van der Waals surface area contributed by atoms with Gasteiger partial charge in [0.2, 0.25) is 0 Å². The Labute approximate surface area is 115 Å². The molecule has 1 rings (SSSR count). The van der Waals surface area contributed by atoms with E-state index in [1.807, 2.05) is 18.7 Å². The molecule has 0 aromatic rings. The summed E-state index contributed by atoms with van der Waals surface area (Å²) in [5, 5.41) is 11.7. The van der Waals surface area contributed by atoms with Crippen LogP contribution < -0.4 is 5.32 Å². The fourth-order valence-electron chi connectivity index (χ4n) is 2.32. The highest BCUT2D eigenvalue weighted by Gasteiger charge is 2.25. The highest BCUT2D eigenvalue weighted by atomic mass is 16.4. The van der Waals surface area contributed by atoms with Crippen LogP contribution in [0.1, 0.15) is 52.9 Å². The van der Waals surface area contributed by atoms with E-state index in [2.05, 4.69) is 12.2 Å². The van der Waals surface area contributed by atoms with Crippen molar-refractivity contribution in [3.8, 4) is 0 Å². The van der Waals surface area contributed by atoms with Gasteiger partial charge in [0.15, 0.2) is 0 Å². The molecule has 1 unspecified atom stereocenters. The molecule has 0 spiro atoms. The van der Waals surface area contributed by atoms with Gasteiger partial charge in [0, 0.05) is 25.0 Å². The lowest BCUT2D eigenvalue weighted by Gasteiger charge is -2.30. The third-order valence-electron chi connectivity index (χ3n) is 3.71. The molecule has 5 nitrogen and oxygen atoms in total. The fourth-order valence-corrected chi connectivity index (χ4v) is 2.32. The number of carbonyl (C=O) groups excluding carboxylic acids is 1. The zero-order valence-electron chi connectivity index (χ0n) is 12.2. The molecule has 110 valence electrons. The molecule has 2 N–H and O–H groups in total. The SMILES string of the molecule is CC1CCCN(C(=O)NC(C)(C)CCC(=O)O)CC1. The summed E-state index contributed by atoms with van der Waals surface area (Å²) < 4.78 is 0. The molecular weight excluding hydrogens is 244 g/mol. The van der Waals surface area contributed by atoms with Crippen molar-refractivity contribution < 1.29 is 14.7 Å². The molecule has 2 amide bonds. The number of hydrogen-bond acceptors (Lipinski definition) is 2. The quantitative estimate of drug-likeness (QED) is 0.824. The van der Waals surface area contributed by atoms with Crippen LogP contribution in [-0.2, 0) is 4.79 Å². The minimum Gasteiger partial charge on any atom is -0.481 e. The number of carbonyl (C=O) groups is 2. The van der Waals surface area contributed by atoms with Gasteiger partial charge in [-0.1, -0.05) is 6.92 Å². The lowest BCUT2D eigenvalue weighted by molar-refractivity contribution is -0.137. The summed E-state index contributed by atoms with van der Waals surface area (Å²) in [5.74, 6) is -0.149. The van der Waals surface area contributed by atoms with E-state index in [1.54, 1.807) is 0 Å². The van der Waals surface area contributed by atoms with Crippen LogP contribution in [0.5, 0.6) is 0 Å². The second-order valence-corrected chi connectivity index (χ2v) is 6.23. The van der Waals surface area contributed by atoms with E-state index in [1.165, 1.54) is 6.42 Å². The lowest BCUT2D eigenvalue weighted by Crippen LogP contribution is -2.50. The van der Waals surface area contributed by atoms with Gasteiger partial charge < -0.3 is 15.3 Å². The van der Waals surface area contributed by atoms with E-state index in [4.69, 9.17) is 5.11 Å². The number of aliphatic carboxylic acids is 1. The summed E-state index contributed by atoms with van der Waals surface area (Å²) in [5.41, 5.74) is -0.479. The van der Waals surface area contributed by atoms with Gasteiger partial charge in [-0.15, -0.1) is 0 Å². The van der Waals surface area contributed by atoms with Crippen molar-refractivity contribution in [1.29, 1.82) is 0 Å². The lowest BCUT2D eigenvalue weighted by atomic mass is 9.99. The molecule has 0 bridgehead atoms. The smallest absolute Gasteiger partial charge is 0.317 e. The number of nitrogens with one attached hydrogen (secondary N) is 1. The monoisotopic (exact) mass is 270 g/mol. The molecule has 0 aromatic carbocycles. The van der Waals surface area contributed by atoms with E-state index in [0.29, 0.717) is 12.3 Å². The van der Waals surface area contributed by atoms with Crippen LogP contribution in [0.2, 0.25) is 0 Å². The minimum atomic E-state index is -0.828. The van der Waals surface area contributed by atoms with Crippen molar-refractivity contribution in [2.75, 3.05) is 13.1 Å². The molecule has 1 aliphatic rings. The molecular formula is C14H26N2O3. The first-order valence-electron chi connectivity index (χ1n) is 7.09. The summed E-state index contributed by atoms with van der Waals surface area (Å²) >= 11 is 0. The summed E-state index contributed by atoms with van der Waals surface area (Å²) in [7, 11) is 0. The van der Waals surface area contributed by atoms with Gasteiger partial charge in [-0.2, -0.15) is 0 Å². The first-order valence-corrected chi connectivity index (χ1v) is 7.09. The third kappa shape index (κ3) is 5.94. The summed E-state index contributed by atoms with van der Waals surface area (Å²) in [6.45, 7) is 7.55. The van der Waals surface area contributed by atoms with Crippen LogP contribution in [0.4, 0.5) is 4.79 Å². The Morgan fingerprint density at radius 3 is 2.63 bits per heavy atom. The number of likely N-dealkylation sites (tertiary alicyclic amines) is 1. The van der Waals surface area contributed by atoms with Gasteiger partial charge in [0.05, 0.1) is 0 Å². The van der Waals surface area contributed by atoms with Crippen LogP contribution in [0.25, 0.3) is 0 Å². The zero-order valence-corrected chi connectivity index (χ0v) is 12.2. The van der Waals surface area contributed by atoms with Crippen LogP contribution in [-0.4, -0.2) is 40.6 Å². The predicted molar refractivity (Wildman–Crippen MR) is 74.1 cm³/mol. The Morgan fingerprint density at radius 1 is 1.32 bits per heavy atom. The molecule has 0 aromatic heterocycles.